The second kappa shape index (κ2) is 1.66. The van der Waals surface area contributed by atoms with E-state index in [4.69, 9.17) is 0 Å². The molecule has 1 unspecified atom stereocenters. The molecule has 0 amide bonds. The molecule has 0 radical (unpaired) electrons. The van der Waals surface area contributed by atoms with E-state index in [1.54, 1.807) is 0 Å². The zero-order valence-corrected chi connectivity index (χ0v) is 6.22. The number of hydrogen-bond acceptors (Lipinski definition) is 0. The molecule has 0 N–H and O–H groups in total. The zero-order valence-electron chi connectivity index (χ0n) is 2.21. The van der Waals surface area contributed by atoms with Crippen LogP contribution in [0.5, 0.6) is 0 Å². The Balaban J connectivity index is 3.02. The van der Waals surface area contributed by atoms with Crippen molar-refractivity contribution in [3.8, 4) is 0 Å². The third-order valence-electron chi connectivity index (χ3n) is 0. The minimum atomic E-state index is -5.76. The van der Waals surface area contributed by atoms with Crippen molar-refractivity contribution < 1.29 is 8.44 Å². The molecule has 0 aliphatic rings. The molecule has 0 nitrogen and oxygen atoms in total. The fourth-order valence-electron chi connectivity index (χ4n) is 0. The van der Waals surface area contributed by atoms with Crippen LogP contribution in [0, 0.1) is 0 Å². The standard InChI is InChI=1S/3FH.H2P.Sb.H/h3*1H;1H2;;/q;;;-1;+4;/p-3. The van der Waals surface area contributed by atoms with Crippen molar-refractivity contribution in [2.75, 3.05) is 0 Å². The van der Waals surface area contributed by atoms with Crippen molar-refractivity contribution in [3.63, 3.8) is 0 Å². The van der Waals surface area contributed by atoms with Crippen LogP contribution in [0.1, 0.15) is 0 Å². The first kappa shape index (κ1) is 6.04. The summed E-state index contributed by atoms with van der Waals surface area (Å²) in [6, 6.07) is 0. The van der Waals surface area contributed by atoms with Gasteiger partial charge in [-0.3, -0.25) is 0 Å². The SMILES string of the molecule is [F][SbH]([F])([F])[PH2]. The minimum absolute atomic E-state index is 0.925. The fourth-order valence-corrected chi connectivity index (χ4v) is 0. The van der Waals surface area contributed by atoms with Gasteiger partial charge in [-0.05, 0) is 0 Å². The summed E-state index contributed by atoms with van der Waals surface area (Å²) in [7, 11) is 0. The molecular formula is H3F3PSb. The Kier molecular flexibility index (Phi) is 2.00. The summed E-state index contributed by atoms with van der Waals surface area (Å²) >= 11 is -5.76. The van der Waals surface area contributed by atoms with Crippen LogP contribution in [-0.2, 0) is 0 Å². The van der Waals surface area contributed by atoms with E-state index in [0.29, 0.717) is 0 Å². The molecule has 34 valence electrons. The molecule has 5 heavy (non-hydrogen) atoms. The molecule has 0 aromatic rings. The molecule has 0 saturated carbocycles. The Bertz CT molecular complexity index is 22.4. The number of halogens is 3. The van der Waals surface area contributed by atoms with Gasteiger partial charge in [-0.25, -0.2) is 0 Å². The molecule has 1 atom stereocenters. The van der Waals surface area contributed by atoms with Crippen molar-refractivity contribution in [1.82, 2.24) is 0 Å². The second-order valence-electron chi connectivity index (χ2n) is 0.542. The van der Waals surface area contributed by atoms with Crippen LogP contribution in [0.15, 0.2) is 0 Å². The van der Waals surface area contributed by atoms with E-state index >= 15 is 0 Å². The van der Waals surface area contributed by atoms with Crippen LogP contribution in [-0.4, -0.2) is 20.0 Å². The summed E-state index contributed by atoms with van der Waals surface area (Å²) in [5.41, 5.74) is 0. The van der Waals surface area contributed by atoms with Gasteiger partial charge < -0.3 is 0 Å². The van der Waals surface area contributed by atoms with Gasteiger partial charge in [-0.1, -0.05) is 0 Å². The molecule has 0 aromatic carbocycles. The second-order valence-corrected chi connectivity index (χ2v) is 8.02. The van der Waals surface area contributed by atoms with Crippen molar-refractivity contribution in [2.45, 2.75) is 0 Å². The van der Waals surface area contributed by atoms with E-state index in [1.165, 1.54) is 0 Å². The molecule has 0 aromatic heterocycles. The van der Waals surface area contributed by atoms with Gasteiger partial charge in [0, 0.05) is 0 Å². The van der Waals surface area contributed by atoms with E-state index < -0.39 is 20.0 Å². The van der Waals surface area contributed by atoms with Gasteiger partial charge in [0.25, 0.3) is 0 Å². The predicted molar refractivity (Wildman–Crippen MR) is 20.2 cm³/mol. The zero-order chi connectivity index (χ0) is 4.50. The average molecular weight is 213 g/mol. The Labute approximate surface area is 35.7 Å². The molecule has 0 heterocycles. The van der Waals surface area contributed by atoms with Crippen LogP contribution in [0.3, 0.4) is 0 Å². The quantitative estimate of drug-likeness (QED) is 0.414. The van der Waals surface area contributed by atoms with Crippen LogP contribution in [0.4, 0.5) is 8.44 Å². The van der Waals surface area contributed by atoms with E-state index in [9.17, 15) is 8.44 Å². The van der Waals surface area contributed by atoms with E-state index in [2.05, 4.69) is 0 Å². The summed E-state index contributed by atoms with van der Waals surface area (Å²) < 4.78 is 31.6. The summed E-state index contributed by atoms with van der Waals surface area (Å²) in [6.07, 6.45) is 0. The van der Waals surface area contributed by atoms with Gasteiger partial charge in [-0.15, -0.1) is 0 Å². The van der Waals surface area contributed by atoms with Gasteiger partial charge in [0.1, 0.15) is 0 Å². The molecule has 5 heteroatoms. The van der Waals surface area contributed by atoms with E-state index in [-0.39, 0.29) is 0 Å². The summed E-state index contributed by atoms with van der Waals surface area (Å²) in [5, 5.41) is 0. The van der Waals surface area contributed by atoms with Crippen LogP contribution in [0.25, 0.3) is 0 Å². The Morgan fingerprint density at radius 3 is 1.20 bits per heavy atom. The molecule has 0 fully saturated rings. The third kappa shape index (κ3) is 43.1. The Morgan fingerprint density at radius 1 is 1.20 bits per heavy atom. The van der Waals surface area contributed by atoms with Gasteiger partial charge in [0.05, 0.1) is 0 Å². The fraction of sp³-hybridized carbons (Fsp3) is 0. The monoisotopic (exact) mass is 212 g/mol. The van der Waals surface area contributed by atoms with Crippen molar-refractivity contribution in [2.24, 2.45) is 0 Å². The van der Waals surface area contributed by atoms with Crippen molar-refractivity contribution >= 4 is 26.8 Å². The van der Waals surface area contributed by atoms with Crippen LogP contribution in [0.2, 0.25) is 0 Å². The molecule has 0 saturated heterocycles. The van der Waals surface area contributed by atoms with Gasteiger partial charge >= 0.3 is 35.2 Å². The molecule has 0 rings (SSSR count). The summed E-state index contributed by atoms with van der Waals surface area (Å²) in [5.74, 6) is 0. The average Bonchev–Trinajstić information content (AvgIpc) is 0.722. The normalized spacial score (nSPS) is 15.2. The first-order valence-corrected chi connectivity index (χ1v) is 9.61. The predicted octanol–water partition coefficient (Wildman–Crippen LogP) is 0.938. The molecule has 0 aliphatic carbocycles. The number of rotatable bonds is 0. The van der Waals surface area contributed by atoms with Gasteiger partial charge in [0.2, 0.25) is 0 Å². The van der Waals surface area contributed by atoms with Crippen LogP contribution < -0.4 is 0 Å². The molecule has 0 bridgehead atoms. The maximum atomic E-state index is 10.5. The van der Waals surface area contributed by atoms with Crippen molar-refractivity contribution in [1.29, 1.82) is 0 Å². The van der Waals surface area contributed by atoms with Crippen LogP contribution >= 0.6 is 6.81 Å². The summed E-state index contributed by atoms with van der Waals surface area (Å²) in [6.45, 7) is 0.925. The first-order valence-electron chi connectivity index (χ1n) is 0.856. The maximum absolute atomic E-state index is 10.5. The van der Waals surface area contributed by atoms with Gasteiger partial charge in [0.15, 0.2) is 0 Å². The van der Waals surface area contributed by atoms with Crippen molar-refractivity contribution in [3.05, 3.63) is 0 Å². The summed E-state index contributed by atoms with van der Waals surface area (Å²) in [4.78, 5) is 0. The molecule has 0 spiro atoms. The first-order chi connectivity index (χ1) is 2.00. The molecular weight excluding hydrogens is 210 g/mol. The van der Waals surface area contributed by atoms with E-state index in [0.717, 1.165) is 6.81 Å². The van der Waals surface area contributed by atoms with E-state index in [1.807, 2.05) is 0 Å². The topological polar surface area (TPSA) is 0 Å². The van der Waals surface area contributed by atoms with Gasteiger partial charge in [-0.2, -0.15) is 0 Å². The number of hydrogen-bond donors (Lipinski definition) is 0. The molecule has 0 aliphatic heterocycles. The third-order valence-corrected chi connectivity index (χ3v) is 0. The Morgan fingerprint density at radius 2 is 1.20 bits per heavy atom. The Hall–Kier alpha value is 1.04.